The molecule has 0 aromatic heterocycles. The third-order valence-corrected chi connectivity index (χ3v) is 3.79. The molecule has 4 N–H and O–H groups in total. The van der Waals surface area contributed by atoms with Crippen molar-refractivity contribution in [2.45, 2.75) is 18.9 Å². The van der Waals surface area contributed by atoms with Crippen LogP contribution < -0.4 is 15.8 Å². The predicted molar refractivity (Wildman–Crippen MR) is 80.9 cm³/mol. The van der Waals surface area contributed by atoms with Crippen molar-refractivity contribution in [3.05, 3.63) is 23.8 Å². The van der Waals surface area contributed by atoms with Gasteiger partial charge in [-0.05, 0) is 43.6 Å². The quantitative estimate of drug-likeness (QED) is 0.701. The van der Waals surface area contributed by atoms with Crippen LogP contribution in [0.1, 0.15) is 24.5 Å². The highest BCUT2D eigenvalue weighted by Crippen LogP contribution is 2.26. The lowest BCUT2D eigenvalue weighted by molar-refractivity contribution is 0.144. The number of nitrogens with two attached hydrogens (primary N) is 1. The molecule has 1 aliphatic heterocycles. The lowest BCUT2D eigenvalue weighted by Crippen LogP contribution is -2.29. The van der Waals surface area contributed by atoms with Crippen LogP contribution in [-0.2, 0) is 0 Å². The fourth-order valence-corrected chi connectivity index (χ4v) is 2.56. The molecule has 1 aliphatic rings. The van der Waals surface area contributed by atoms with E-state index in [1.165, 1.54) is 6.42 Å². The first-order valence-corrected chi connectivity index (χ1v) is 7.25. The molecule has 1 unspecified atom stereocenters. The summed E-state index contributed by atoms with van der Waals surface area (Å²) in [6.07, 6.45) is 1.43. The van der Waals surface area contributed by atoms with Gasteiger partial charge in [0.1, 0.15) is 5.75 Å². The number of nitrogens with one attached hydrogen (secondary N) is 1. The molecule has 20 heavy (non-hydrogen) atoms. The second-order valence-electron chi connectivity index (χ2n) is 5.25. The van der Waals surface area contributed by atoms with Gasteiger partial charge in [0.15, 0.2) is 0 Å². The van der Waals surface area contributed by atoms with Crippen molar-refractivity contribution < 1.29 is 9.84 Å². The summed E-state index contributed by atoms with van der Waals surface area (Å²) in [5.41, 5.74) is 7.30. The number of hydrogen-bond donors (Lipinski definition) is 3. The molecule has 0 aliphatic carbocycles. The summed E-state index contributed by atoms with van der Waals surface area (Å²) in [6.45, 7) is 5.19. The summed E-state index contributed by atoms with van der Waals surface area (Å²) in [7, 11) is 1.59. The molecular formula is C15H25N3O2. The largest absolute Gasteiger partial charge is 0.495 e. The molecule has 1 fully saturated rings. The van der Waals surface area contributed by atoms with Crippen molar-refractivity contribution in [3.8, 4) is 5.75 Å². The summed E-state index contributed by atoms with van der Waals surface area (Å²) < 4.78 is 5.13. The SMILES string of the molecule is COc1ccc(C(O)CCN2CCCNCC2)cc1N. The first kappa shape index (κ1) is 15.1. The summed E-state index contributed by atoms with van der Waals surface area (Å²) in [5, 5.41) is 13.7. The lowest BCUT2D eigenvalue weighted by atomic mass is 10.1. The Morgan fingerprint density at radius 3 is 3.00 bits per heavy atom. The number of rotatable bonds is 5. The van der Waals surface area contributed by atoms with Crippen molar-refractivity contribution in [1.29, 1.82) is 0 Å². The normalized spacial score (nSPS) is 18.5. The van der Waals surface area contributed by atoms with Gasteiger partial charge in [-0.15, -0.1) is 0 Å². The van der Waals surface area contributed by atoms with E-state index in [-0.39, 0.29) is 0 Å². The second-order valence-corrected chi connectivity index (χ2v) is 5.25. The van der Waals surface area contributed by atoms with Crippen LogP contribution in [0.4, 0.5) is 5.69 Å². The Morgan fingerprint density at radius 1 is 1.40 bits per heavy atom. The lowest BCUT2D eigenvalue weighted by Gasteiger charge is -2.21. The van der Waals surface area contributed by atoms with Crippen LogP contribution in [0.15, 0.2) is 18.2 Å². The standard InChI is InChI=1S/C15H25N3O2/c1-20-15-4-3-12(11-13(15)16)14(19)5-9-18-8-2-6-17-7-10-18/h3-4,11,14,17,19H,2,5-10,16H2,1H3. The van der Waals surface area contributed by atoms with Crippen LogP contribution in [0.2, 0.25) is 0 Å². The van der Waals surface area contributed by atoms with Gasteiger partial charge in [-0.2, -0.15) is 0 Å². The molecule has 1 aromatic carbocycles. The Bertz CT molecular complexity index is 418. The molecule has 112 valence electrons. The van der Waals surface area contributed by atoms with Gasteiger partial charge in [0.2, 0.25) is 0 Å². The van der Waals surface area contributed by atoms with E-state index in [9.17, 15) is 5.11 Å². The van der Waals surface area contributed by atoms with Gasteiger partial charge in [-0.3, -0.25) is 0 Å². The first-order chi connectivity index (χ1) is 9.70. The van der Waals surface area contributed by atoms with Gasteiger partial charge < -0.3 is 25.8 Å². The summed E-state index contributed by atoms with van der Waals surface area (Å²) >= 11 is 0. The second kappa shape index (κ2) is 7.47. The zero-order chi connectivity index (χ0) is 14.4. The Kier molecular flexibility index (Phi) is 5.64. The molecule has 2 rings (SSSR count). The fourth-order valence-electron chi connectivity index (χ4n) is 2.56. The van der Waals surface area contributed by atoms with Gasteiger partial charge in [0.25, 0.3) is 0 Å². The number of nitrogen functional groups attached to an aromatic ring is 1. The van der Waals surface area contributed by atoms with Crippen LogP contribution in [0.3, 0.4) is 0 Å². The maximum Gasteiger partial charge on any atom is 0.141 e. The molecule has 1 aromatic rings. The maximum absolute atomic E-state index is 10.3. The van der Waals surface area contributed by atoms with Gasteiger partial charge in [-0.1, -0.05) is 6.07 Å². The highest BCUT2D eigenvalue weighted by Gasteiger charge is 2.13. The molecule has 1 saturated heterocycles. The Hall–Kier alpha value is -1.30. The third kappa shape index (κ3) is 4.10. The third-order valence-electron chi connectivity index (χ3n) is 3.79. The van der Waals surface area contributed by atoms with E-state index in [0.29, 0.717) is 11.4 Å². The number of anilines is 1. The minimum atomic E-state index is -0.473. The smallest absolute Gasteiger partial charge is 0.141 e. The fraction of sp³-hybridized carbons (Fsp3) is 0.600. The number of aliphatic hydroxyl groups excluding tert-OH is 1. The molecule has 0 bridgehead atoms. The summed E-state index contributed by atoms with van der Waals surface area (Å²) in [5.74, 6) is 0.652. The number of nitrogens with zero attached hydrogens (tertiary/aromatic N) is 1. The Morgan fingerprint density at radius 2 is 2.25 bits per heavy atom. The molecule has 0 amide bonds. The van der Waals surface area contributed by atoms with E-state index in [1.54, 1.807) is 13.2 Å². The number of aliphatic hydroxyl groups is 1. The number of methoxy groups -OCH3 is 1. The highest BCUT2D eigenvalue weighted by molar-refractivity contribution is 5.54. The van der Waals surface area contributed by atoms with Crippen LogP contribution in [0, 0.1) is 0 Å². The maximum atomic E-state index is 10.3. The number of benzene rings is 1. The van der Waals surface area contributed by atoms with Crippen molar-refractivity contribution >= 4 is 5.69 Å². The minimum absolute atomic E-state index is 0.473. The number of ether oxygens (including phenoxy) is 1. The molecule has 0 spiro atoms. The van der Waals surface area contributed by atoms with Crippen molar-refractivity contribution in [2.75, 3.05) is 45.6 Å². The molecule has 0 radical (unpaired) electrons. The average Bonchev–Trinajstić information content (AvgIpc) is 2.73. The predicted octanol–water partition coefficient (Wildman–Crippen LogP) is 0.996. The molecule has 1 atom stereocenters. The Labute approximate surface area is 120 Å². The van der Waals surface area contributed by atoms with Crippen LogP contribution in [0.25, 0.3) is 0 Å². The minimum Gasteiger partial charge on any atom is -0.495 e. The van der Waals surface area contributed by atoms with E-state index in [2.05, 4.69) is 10.2 Å². The van der Waals surface area contributed by atoms with Crippen LogP contribution >= 0.6 is 0 Å². The van der Waals surface area contributed by atoms with E-state index in [0.717, 1.165) is 44.7 Å². The van der Waals surface area contributed by atoms with Gasteiger partial charge in [-0.25, -0.2) is 0 Å². The molecule has 1 heterocycles. The molecular weight excluding hydrogens is 254 g/mol. The molecule has 5 nitrogen and oxygen atoms in total. The molecule has 0 saturated carbocycles. The zero-order valence-corrected chi connectivity index (χ0v) is 12.1. The van der Waals surface area contributed by atoms with Crippen molar-refractivity contribution in [1.82, 2.24) is 10.2 Å². The topological polar surface area (TPSA) is 70.8 Å². The van der Waals surface area contributed by atoms with Gasteiger partial charge in [0, 0.05) is 19.6 Å². The average molecular weight is 279 g/mol. The summed E-state index contributed by atoms with van der Waals surface area (Å²) in [4.78, 5) is 2.40. The monoisotopic (exact) mass is 279 g/mol. The first-order valence-electron chi connectivity index (χ1n) is 7.25. The van der Waals surface area contributed by atoms with Crippen molar-refractivity contribution in [2.24, 2.45) is 0 Å². The molecule has 5 heteroatoms. The van der Waals surface area contributed by atoms with E-state index in [4.69, 9.17) is 10.5 Å². The van der Waals surface area contributed by atoms with Gasteiger partial charge >= 0.3 is 0 Å². The van der Waals surface area contributed by atoms with Gasteiger partial charge in [0.05, 0.1) is 18.9 Å². The summed E-state index contributed by atoms with van der Waals surface area (Å²) in [6, 6.07) is 5.49. The zero-order valence-electron chi connectivity index (χ0n) is 12.1. The van der Waals surface area contributed by atoms with Crippen molar-refractivity contribution in [3.63, 3.8) is 0 Å². The number of hydrogen-bond acceptors (Lipinski definition) is 5. The van der Waals surface area contributed by atoms with Crippen LogP contribution in [0.5, 0.6) is 5.75 Å². The Balaban J connectivity index is 1.87. The van der Waals surface area contributed by atoms with E-state index >= 15 is 0 Å². The van der Waals surface area contributed by atoms with E-state index in [1.807, 2.05) is 12.1 Å². The highest BCUT2D eigenvalue weighted by atomic mass is 16.5. The van der Waals surface area contributed by atoms with Crippen LogP contribution in [-0.4, -0.2) is 49.8 Å². The van der Waals surface area contributed by atoms with E-state index < -0.39 is 6.10 Å².